The molecule has 25 heavy (non-hydrogen) atoms. The molecular formula is C18H22N6O. The van der Waals surface area contributed by atoms with Crippen LogP contribution in [0.4, 0.5) is 5.82 Å². The number of anilines is 1. The lowest BCUT2D eigenvalue weighted by Crippen LogP contribution is -2.32. The van der Waals surface area contributed by atoms with Crippen molar-refractivity contribution < 1.29 is 4.79 Å². The Bertz CT molecular complexity index is 903. The highest BCUT2D eigenvalue weighted by Crippen LogP contribution is 2.25. The zero-order valence-corrected chi connectivity index (χ0v) is 14.5. The van der Waals surface area contributed by atoms with Crippen LogP contribution < -0.4 is 5.32 Å². The molecular weight excluding hydrogens is 316 g/mol. The highest BCUT2D eigenvalue weighted by Gasteiger charge is 2.22. The van der Waals surface area contributed by atoms with E-state index in [-0.39, 0.29) is 5.91 Å². The van der Waals surface area contributed by atoms with Gasteiger partial charge in [0.2, 0.25) is 0 Å². The summed E-state index contributed by atoms with van der Waals surface area (Å²) in [5, 5.41) is 7.39. The molecule has 3 aromatic rings. The number of aryl methyl sites for hydroxylation is 1. The average Bonchev–Trinajstić information content (AvgIpc) is 3.23. The third kappa shape index (κ3) is 3.02. The molecule has 1 aliphatic rings. The first kappa shape index (κ1) is 15.8. The molecule has 130 valence electrons. The van der Waals surface area contributed by atoms with Gasteiger partial charge in [-0.05, 0) is 52.0 Å². The van der Waals surface area contributed by atoms with Crippen molar-refractivity contribution in [3.8, 4) is 0 Å². The van der Waals surface area contributed by atoms with E-state index < -0.39 is 0 Å². The molecule has 1 fully saturated rings. The number of likely N-dealkylation sites (tertiary alicyclic amines) is 1. The second kappa shape index (κ2) is 6.33. The Balaban J connectivity index is 1.55. The number of nitrogens with one attached hydrogen (secondary N) is 1. The number of nitrogens with zero attached hydrogens (tertiary/aromatic N) is 5. The van der Waals surface area contributed by atoms with Gasteiger partial charge in [0, 0.05) is 18.0 Å². The summed E-state index contributed by atoms with van der Waals surface area (Å²) in [5.74, 6) is 0.520. The molecule has 1 aliphatic heterocycles. The number of imidazole rings is 1. The third-order valence-electron chi connectivity index (χ3n) is 4.87. The zero-order chi connectivity index (χ0) is 17.4. The van der Waals surface area contributed by atoms with Crippen LogP contribution in [0.15, 0.2) is 36.7 Å². The minimum atomic E-state index is -0.210. The molecule has 0 atom stereocenters. The fourth-order valence-electron chi connectivity index (χ4n) is 3.38. The number of fused-ring (bicyclic) bond motifs is 1. The van der Waals surface area contributed by atoms with Gasteiger partial charge in [0.15, 0.2) is 0 Å². The first-order chi connectivity index (χ1) is 12.1. The number of amides is 1. The molecule has 3 aromatic heterocycles. The lowest BCUT2D eigenvalue weighted by atomic mass is 10.1. The normalized spacial score (nSPS) is 16.4. The van der Waals surface area contributed by atoms with E-state index in [9.17, 15) is 4.79 Å². The topological polar surface area (TPSA) is 67.5 Å². The summed E-state index contributed by atoms with van der Waals surface area (Å²) in [7, 11) is 2.13. The van der Waals surface area contributed by atoms with Crippen LogP contribution in [0.25, 0.3) is 5.65 Å². The van der Waals surface area contributed by atoms with Crippen LogP contribution in [0.5, 0.6) is 0 Å². The van der Waals surface area contributed by atoms with E-state index in [1.165, 1.54) is 0 Å². The molecule has 0 aliphatic carbocycles. The number of hydrogen-bond donors (Lipinski definition) is 1. The fraction of sp³-hybridized carbons (Fsp3) is 0.389. The minimum Gasteiger partial charge on any atom is -0.306 e. The largest absolute Gasteiger partial charge is 0.306 e. The van der Waals surface area contributed by atoms with Crippen LogP contribution in [-0.4, -0.2) is 50.1 Å². The smallest absolute Gasteiger partial charge is 0.277 e. The molecule has 7 heteroatoms. The summed E-state index contributed by atoms with van der Waals surface area (Å²) in [6.45, 7) is 4.08. The fourth-order valence-corrected chi connectivity index (χ4v) is 3.38. The van der Waals surface area contributed by atoms with E-state index in [0.29, 0.717) is 11.7 Å². The Morgan fingerprint density at radius 1 is 1.24 bits per heavy atom. The lowest BCUT2D eigenvalue weighted by molar-refractivity contribution is 0.102. The molecule has 1 amide bonds. The average molecular weight is 338 g/mol. The Hall–Kier alpha value is -2.67. The van der Waals surface area contributed by atoms with Gasteiger partial charge in [-0.1, -0.05) is 6.07 Å². The van der Waals surface area contributed by atoms with Gasteiger partial charge in [0.05, 0.1) is 12.2 Å². The van der Waals surface area contributed by atoms with Gasteiger partial charge in [0.25, 0.3) is 5.91 Å². The molecule has 4 rings (SSSR count). The first-order valence-electron chi connectivity index (χ1n) is 8.60. The molecule has 1 N–H and O–H groups in total. The third-order valence-corrected chi connectivity index (χ3v) is 4.87. The van der Waals surface area contributed by atoms with Gasteiger partial charge < -0.3 is 14.6 Å². The summed E-state index contributed by atoms with van der Waals surface area (Å²) in [6.07, 6.45) is 5.58. The Morgan fingerprint density at radius 2 is 2.04 bits per heavy atom. The molecule has 7 nitrogen and oxygen atoms in total. The van der Waals surface area contributed by atoms with E-state index in [1.807, 2.05) is 40.3 Å². The van der Waals surface area contributed by atoms with Gasteiger partial charge in [-0.15, -0.1) is 0 Å². The molecule has 0 radical (unpaired) electrons. The highest BCUT2D eigenvalue weighted by atomic mass is 16.2. The van der Waals surface area contributed by atoms with Crippen LogP contribution in [0.2, 0.25) is 0 Å². The maximum Gasteiger partial charge on any atom is 0.277 e. The summed E-state index contributed by atoms with van der Waals surface area (Å²) >= 11 is 0. The number of pyridine rings is 1. The van der Waals surface area contributed by atoms with E-state index in [2.05, 4.69) is 27.3 Å². The number of carbonyl (C=O) groups excluding carboxylic acids is 1. The highest BCUT2D eigenvalue weighted by molar-refractivity contribution is 6.02. The van der Waals surface area contributed by atoms with Gasteiger partial charge >= 0.3 is 0 Å². The summed E-state index contributed by atoms with van der Waals surface area (Å²) in [5.41, 5.74) is 2.22. The summed E-state index contributed by atoms with van der Waals surface area (Å²) in [6, 6.07) is 7.99. The summed E-state index contributed by atoms with van der Waals surface area (Å²) < 4.78 is 3.86. The van der Waals surface area contributed by atoms with Crippen LogP contribution in [0.3, 0.4) is 0 Å². The predicted molar refractivity (Wildman–Crippen MR) is 95.9 cm³/mol. The van der Waals surface area contributed by atoms with Crippen molar-refractivity contribution in [3.63, 3.8) is 0 Å². The van der Waals surface area contributed by atoms with Crippen molar-refractivity contribution in [3.05, 3.63) is 48.0 Å². The molecule has 0 spiro atoms. The molecule has 0 saturated carbocycles. The molecule has 0 bridgehead atoms. The molecule has 1 saturated heterocycles. The maximum absolute atomic E-state index is 12.6. The van der Waals surface area contributed by atoms with Crippen LogP contribution in [-0.2, 0) is 0 Å². The van der Waals surface area contributed by atoms with Gasteiger partial charge in [-0.25, -0.2) is 9.67 Å². The van der Waals surface area contributed by atoms with Gasteiger partial charge in [-0.3, -0.25) is 4.79 Å². The number of hydrogen-bond acceptors (Lipinski definition) is 4. The van der Waals surface area contributed by atoms with Crippen molar-refractivity contribution in [1.82, 2.24) is 24.1 Å². The minimum absolute atomic E-state index is 0.210. The van der Waals surface area contributed by atoms with E-state index in [1.54, 1.807) is 12.4 Å². The van der Waals surface area contributed by atoms with Crippen molar-refractivity contribution in [2.75, 3.05) is 25.5 Å². The summed E-state index contributed by atoms with van der Waals surface area (Å²) in [4.78, 5) is 19.4. The van der Waals surface area contributed by atoms with Crippen molar-refractivity contribution in [1.29, 1.82) is 0 Å². The van der Waals surface area contributed by atoms with E-state index in [0.717, 1.165) is 43.1 Å². The number of carbonyl (C=O) groups is 1. The quantitative estimate of drug-likeness (QED) is 0.796. The maximum atomic E-state index is 12.6. The van der Waals surface area contributed by atoms with E-state index >= 15 is 0 Å². The van der Waals surface area contributed by atoms with Gasteiger partial charge in [0.1, 0.15) is 17.2 Å². The van der Waals surface area contributed by atoms with Crippen molar-refractivity contribution in [2.45, 2.75) is 25.8 Å². The number of aromatic nitrogens is 4. The van der Waals surface area contributed by atoms with Gasteiger partial charge in [-0.2, -0.15) is 5.10 Å². The van der Waals surface area contributed by atoms with Crippen LogP contribution in [0, 0.1) is 6.92 Å². The Kier molecular flexibility index (Phi) is 4.01. The van der Waals surface area contributed by atoms with Crippen LogP contribution >= 0.6 is 0 Å². The standard InChI is InChI=1S/C18H22N6O/c1-13-4-3-5-16-20-15(12-23(13)16)18(25)21-17-6-9-19-24(17)14-7-10-22(2)11-8-14/h3-6,9,12,14H,7-8,10-11H2,1-2H3,(H,21,25). The lowest BCUT2D eigenvalue weighted by Gasteiger charge is -2.29. The molecule has 0 unspecified atom stereocenters. The second-order valence-corrected chi connectivity index (χ2v) is 6.67. The van der Waals surface area contributed by atoms with Crippen molar-refractivity contribution >= 4 is 17.4 Å². The second-order valence-electron chi connectivity index (χ2n) is 6.67. The monoisotopic (exact) mass is 338 g/mol. The van der Waals surface area contributed by atoms with E-state index in [4.69, 9.17) is 0 Å². The Morgan fingerprint density at radius 3 is 2.80 bits per heavy atom. The molecule has 0 aromatic carbocycles. The first-order valence-corrected chi connectivity index (χ1v) is 8.60. The SMILES string of the molecule is Cc1cccc2nc(C(=O)Nc3ccnn3C3CCN(C)CC3)cn12. The van der Waals surface area contributed by atoms with Crippen molar-refractivity contribution in [2.24, 2.45) is 0 Å². The number of rotatable bonds is 3. The Labute approximate surface area is 146 Å². The predicted octanol–water partition coefficient (Wildman–Crippen LogP) is 2.36. The van der Waals surface area contributed by atoms with Crippen LogP contribution in [0.1, 0.15) is 35.1 Å². The number of piperidine rings is 1. The molecule has 4 heterocycles. The zero-order valence-electron chi connectivity index (χ0n) is 14.5.